The Labute approximate surface area is 201 Å². The van der Waals surface area contributed by atoms with E-state index < -0.39 is 11.8 Å². The van der Waals surface area contributed by atoms with Crippen molar-refractivity contribution in [1.82, 2.24) is 0 Å². The van der Waals surface area contributed by atoms with Crippen LogP contribution in [0.2, 0.25) is 0 Å². The third-order valence-electron chi connectivity index (χ3n) is 7.64. The van der Waals surface area contributed by atoms with Gasteiger partial charge in [-0.25, -0.2) is 0 Å². The number of rotatable bonds is 15. The maximum Gasteiger partial charge on any atom is 0.309 e. The Bertz CT molecular complexity index is 577. The summed E-state index contributed by atoms with van der Waals surface area (Å²) in [6, 6.07) is 0. The van der Waals surface area contributed by atoms with E-state index in [-0.39, 0.29) is 30.2 Å². The molecule has 0 saturated heterocycles. The van der Waals surface area contributed by atoms with E-state index in [1.165, 1.54) is 0 Å². The van der Waals surface area contributed by atoms with Crippen molar-refractivity contribution in [2.75, 3.05) is 19.8 Å². The van der Waals surface area contributed by atoms with E-state index in [0.29, 0.717) is 50.4 Å². The van der Waals surface area contributed by atoms with Crippen LogP contribution in [0.15, 0.2) is 0 Å². The van der Waals surface area contributed by atoms with Crippen LogP contribution in [0.4, 0.5) is 0 Å². The van der Waals surface area contributed by atoms with Gasteiger partial charge in [-0.2, -0.15) is 0 Å². The Morgan fingerprint density at radius 1 is 0.576 bits per heavy atom. The fraction of sp³-hybridized carbons (Fsp3) is 0.889. The zero-order chi connectivity index (χ0) is 24.8. The van der Waals surface area contributed by atoms with Gasteiger partial charge in [-0.3, -0.25) is 14.4 Å². The molecule has 0 aliphatic heterocycles. The van der Waals surface area contributed by atoms with Crippen molar-refractivity contribution >= 4 is 17.9 Å². The minimum absolute atomic E-state index is 0.261. The molecule has 3 unspecified atom stereocenters. The van der Waals surface area contributed by atoms with Gasteiger partial charge >= 0.3 is 17.9 Å². The molecule has 33 heavy (non-hydrogen) atoms. The lowest BCUT2D eigenvalue weighted by atomic mass is 9.74. The van der Waals surface area contributed by atoms with Crippen LogP contribution in [0.5, 0.6) is 0 Å². The molecule has 1 aliphatic carbocycles. The van der Waals surface area contributed by atoms with Gasteiger partial charge in [-0.05, 0) is 37.0 Å². The number of esters is 3. The summed E-state index contributed by atoms with van der Waals surface area (Å²) in [6.07, 6.45) is 6.93. The van der Waals surface area contributed by atoms with Gasteiger partial charge in [-0.15, -0.1) is 0 Å². The van der Waals surface area contributed by atoms with Crippen molar-refractivity contribution < 1.29 is 28.6 Å². The summed E-state index contributed by atoms with van der Waals surface area (Å²) in [6.45, 7) is 13.6. The molecule has 192 valence electrons. The molecule has 0 radical (unpaired) electrons. The summed E-state index contributed by atoms with van der Waals surface area (Å²) in [5, 5.41) is 0. The third-order valence-corrected chi connectivity index (χ3v) is 7.64. The van der Waals surface area contributed by atoms with Crippen LogP contribution < -0.4 is 0 Å². The van der Waals surface area contributed by atoms with Gasteiger partial charge in [0.15, 0.2) is 0 Å². The van der Waals surface area contributed by atoms with Crippen molar-refractivity contribution in [1.29, 1.82) is 0 Å². The average Bonchev–Trinajstić information content (AvgIpc) is 2.85. The molecule has 1 rings (SSSR count). The summed E-state index contributed by atoms with van der Waals surface area (Å²) < 4.78 is 16.8. The van der Waals surface area contributed by atoms with Gasteiger partial charge in [0, 0.05) is 0 Å². The lowest BCUT2D eigenvalue weighted by Gasteiger charge is -2.33. The van der Waals surface area contributed by atoms with Crippen molar-refractivity contribution in [2.45, 2.75) is 99.3 Å². The molecule has 0 aromatic heterocycles. The smallest absolute Gasteiger partial charge is 0.309 e. The molecular weight excluding hydrogens is 420 g/mol. The van der Waals surface area contributed by atoms with Crippen LogP contribution in [0.1, 0.15) is 99.3 Å². The quantitative estimate of drug-likeness (QED) is 0.218. The minimum Gasteiger partial charge on any atom is -0.465 e. The lowest BCUT2D eigenvalue weighted by Crippen LogP contribution is -2.40. The van der Waals surface area contributed by atoms with E-state index in [2.05, 4.69) is 41.5 Å². The van der Waals surface area contributed by atoms with Crippen molar-refractivity contribution in [3.8, 4) is 0 Å². The molecule has 1 saturated carbocycles. The molecule has 0 bridgehead atoms. The first-order valence-corrected chi connectivity index (χ1v) is 13.3. The normalized spacial score (nSPS) is 20.8. The van der Waals surface area contributed by atoms with Crippen LogP contribution in [0, 0.1) is 35.5 Å². The second-order valence-electron chi connectivity index (χ2n) is 9.66. The molecule has 3 atom stereocenters. The second kappa shape index (κ2) is 16.1. The first kappa shape index (κ1) is 29.4. The average molecular weight is 469 g/mol. The highest BCUT2D eigenvalue weighted by Crippen LogP contribution is 2.37. The Hall–Kier alpha value is -1.59. The highest BCUT2D eigenvalue weighted by Gasteiger charge is 2.43. The summed E-state index contributed by atoms with van der Waals surface area (Å²) in [7, 11) is 0. The Kier molecular flexibility index (Phi) is 14.4. The van der Waals surface area contributed by atoms with Crippen LogP contribution in [0.25, 0.3) is 0 Å². The second-order valence-corrected chi connectivity index (χ2v) is 9.66. The third kappa shape index (κ3) is 9.66. The highest BCUT2D eigenvalue weighted by atomic mass is 16.5. The van der Waals surface area contributed by atoms with E-state index in [4.69, 9.17) is 14.2 Å². The van der Waals surface area contributed by atoms with E-state index in [0.717, 1.165) is 38.5 Å². The van der Waals surface area contributed by atoms with Gasteiger partial charge in [0.2, 0.25) is 0 Å². The van der Waals surface area contributed by atoms with E-state index in [1.54, 1.807) is 0 Å². The molecular formula is C27H48O6. The molecule has 1 aliphatic rings. The molecule has 0 aromatic carbocycles. The summed E-state index contributed by atoms with van der Waals surface area (Å²) in [5.74, 6) is -1.60. The molecule has 0 aromatic rings. The topological polar surface area (TPSA) is 78.9 Å². The summed E-state index contributed by atoms with van der Waals surface area (Å²) in [4.78, 5) is 38.7. The first-order chi connectivity index (χ1) is 15.8. The zero-order valence-electron chi connectivity index (χ0n) is 21.9. The number of hydrogen-bond donors (Lipinski definition) is 0. The van der Waals surface area contributed by atoms with Gasteiger partial charge in [0.1, 0.15) is 0 Å². The van der Waals surface area contributed by atoms with Crippen molar-refractivity contribution in [2.24, 2.45) is 35.5 Å². The SMILES string of the molecule is CCC(CC)COC(=O)C1CCC(C(=O)OCC(CC)CC)C(C(=O)OCC(CC)CC)C1. The van der Waals surface area contributed by atoms with Gasteiger partial charge in [-0.1, -0.05) is 80.1 Å². The largest absolute Gasteiger partial charge is 0.465 e. The zero-order valence-corrected chi connectivity index (χ0v) is 21.9. The van der Waals surface area contributed by atoms with E-state index in [1.807, 2.05) is 0 Å². The predicted molar refractivity (Wildman–Crippen MR) is 129 cm³/mol. The first-order valence-electron chi connectivity index (χ1n) is 13.3. The molecule has 0 heterocycles. The van der Waals surface area contributed by atoms with Crippen LogP contribution in [-0.4, -0.2) is 37.7 Å². The minimum atomic E-state index is -0.659. The Morgan fingerprint density at radius 2 is 0.939 bits per heavy atom. The van der Waals surface area contributed by atoms with Crippen molar-refractivity contribution in [3.05, 3.63) is 0 Å². The Morgan fingerprint density at radius 3 is 1.33 bits per heavy atom. The number of carbonyl (C=O) groups excluding carboxylic acids is 3. The van der Waals surface area contributed by atoms with Gasteiger partial charge in [0.05, 0.1) is 37.6 Å². The number of hydrogen-bond acceptors (Lipinski definition) is 6. The van der Waals surface area contributed by atoms with Gasteiger partial charge in [0.25, 0.3) is 0 Å². The molecule has 1 fully saturated rings. The maximum absolute atomic E-state index is 13.0. The fourth-order valence-corrected chi connectivity index (χ4v) is 4.43. The molecule has 6 nitrogen and oxygen atoms in total. The van der Waals surface area contributed by atoms with E-state index in [9.17, 15) is 14.4 Å². The standard InChI is InChI=1S/C27H48O6/c1-7-19(8-2)16-31-25(28)22-13-14-23(26(29)32-17-20(9-3)10-4)24(15-22)27(30)33-18-21(11-5)12-6/h19-24H,7-18H2,1-6H3. The molecule has 0 spiro atoms. The highest BCUT2D eigenvalue weighted by molar-refractivity contribution is 5.83. The fourth-order valence-electron chi connectivity index (χ4n) is 4.43. The molecule has 0 amide bonds. The molecule has 0 N–H and O–H groups in total. The number of ether oxygens (including phenoxy) is 3. The van der Waals surface area contributed by atoms with Gasteiger partial charge < -0.3 is 14.2 Å². The lowest BCUT2D eigenvalue weighted by molar-refractivity contribution is -0.168. The monoisotopic (exact) mass is 468 g/mol. The number of carbonyl (C=O) groups is 3. The van der Waals surface area contributed by atoms with Crippen LogP contribution in [0.3, 0.4) is 0 Å². The Balaban J connectivity index is 2.86. The summed E-state index contributed by atoms with van der Waals surface area (Å²) >= 11 is 0. The predicted octanol–water partition coefficient (Wildman–Crippen LogP) is 5.96. The summed E-state index contributed by atoms with van der Waals surface area (Å²) in [5.41, 5.74) is 0. The maximum atomic E-state index is 13.0. The molecule has 6 heteroatoms. The van der Waals surface area contributed by atoms with E-state index >= 15 is 0 Å². The van der Waals surface area contributed by atoms with Crippen molar-refractivity contribution in [3.63, 3.8) is 0 Å². The van der Waals surface area contributed by atoms with Crippen LogP contribution in [-0.2, 0) is 28.6 Å². The van der Waals surface area contributed by atoms with Crippen LogP contribution >= 0.6 is 0 Å².